The van der Waals surface area contributed by atoms with Crippen molar-refractivity contribution in [3.8, 4) is 0 Å². The first-order valence-electron chi connectivity index (χ1n) is 31.6. The molecule has 2 atom stereocenters. The first-order valence-corrected chi connectivity index (χ1v) is 31.6. The Morgan fingerprint density at radius 1 is 0.386 bits per heavy atom. The van der Waals surface area contributed by atoms with E-state index in [-0.39, 0.29) is 18.5 Å². The Balaban J connectivity index is 3.43. The highest BCUT2D eigenvalue weighted by molar-refractivity contribution is 5.76. The zero-order valence-corrected chi connectivity index (χ0v) is 47.3. The largest absolute Gasteiger partial charge is 0.466 e. The lowest BCUT2D eigenvalue weighted by Crippen LogP contribution is -2.45. The Kier molecular flexibility index (Phi) is 58.5. The number of carbonyl (C=O) groups is 2. The first-order chi connectivity index (χ1) is 34.5. The smallest absolute Gasteiger partial charge is 0.305 e. The third kappa shape index (κ3) is 55.7. The Morgan fingerprint density at radius 2 is 0.671 bits per heavy atom. The van der Waals surface area contributed by atoms with Gasteiger partial charge in [-0.05, 0) is 57.8 Å². The number of unbranched alkanes of at least 4 members (excludes halogenated alkanes) is 46. The number of aliphatic hydroxyl groups is 2. The van der Waals surface area contributed by atoms with Crippen LogP contribution < -0.4 is 5.32 Å². The zero-order chi connectivity index (χ0) is 50.7. The van der Waals surface area contributed by atoms with Gasteiger partial charge in [0, 0.05) is 12.8 Å². The van der Waals surface area contributed by atoms with E-state index in [1.165, 1.54) is 276 Å². The molecule has 0 fully saturated rings. The van der Waals surface area contributed by atoms with Crippen LogP contribution in [0.2, 0.25) is 0 Å². The lowest BCUT2D eigenvalue weighted by Gasteiger charge is -2.20. The molecule has 0 aromatic carbocycles. The summed E-state index contributed by atoms with van der Waals surface area (Å²) in [6.07, 6.45) is 73.6. The molecule has 70 heavy (non-hydrogen) atoms. The third-order valence-electron chi connectivity index (χ3n) is 14.7. The lowest BCUT2D eigenvalue weighted by atomic mass is 10.0. The molecule has 1 amide bonds. The Hall–Kier alpha value is -1.66. The molecule has 6 nitrogen and oxygen atoms in total. The SMILES string of the molecule is CCCCCC/C=C\CCCCCCCC(=O)OCCCCCCCCCCCCCCCCCCCCCCC(=O)NC(CO)C(O)/C=C/CCCCCCCCCCCCCCCCCCCC. The summed E-state index contributed by atoms with van der Waals surface area (Å²) in [6.45, 7) is 4.91. The van der Waals surface area contributed by atoms with Crippen LogP contribution in [0.5, 0.6) is 0 Å². The molecule has 6 heteroatoms. The summed E-state index contributed by atoms with van der Waals surface area (Å²) < 4.78 is 5.47. The summed E-state index contributed by atoms with van der Waals surface area (Å²) >= 11 is 0. The average Bonchev–Trinajstić information content (AvgIpc) is 3.36. The van der Waals surface area contributed by atoms with Gasteiger partial charge in [-0.25, -0.2) is 0 Å². The summed E-state index contributed by atoms with van der Waals surface area (Å²) in [5.74, 6) is -0.0657. The average molecular weight is 987 g/mol. The molecule has 0 aromatic rings. The van der Waals surface area contributed by atoms with Crippen LogP contribution in [0.4, 0.5) is 0 Å². The van der Waals surface area contributed by atoms with Gasteiger partial charge in [-0.1, -0.05) is 301 Å². The van der Waals surface area contributed by atoms with E-state index in [9.17, 15) is 19.8 Å². The molecule has 0 heterocycles. The number of hydrogen-bond acceptors (Lipinski definition) is 5. The van der Waals surface area contributed by atoms with Crippen LogP contribution in [0.25, 0.3) is 0 Å². The van der Waals surface area contributed by atoms with Crippen molar-refractivity contribution in [3.05, 3.63) is 24.3 Å². The van der Waals surface area contributed by atoms with Crippen molar-refractivity contribution in [2.24, 2.45) is 0 Å². The molecule has 3 N–H and O–H groups in total. The van der Waals surface area contributed by atoms with E-state index >= 15 is 0 Å². The van der Waals surface area contributed by atoms with Crippen LogP contribution in [0.15, 0.2) is 24.3 Å². The summed E-state index contributed by atoms with van der Waals surface area (Å²) in [5.41, 5.74) is 0. The van der Waals surface area contributed by atoms with Crippen molar-refractivity contribution in [2.45, 2.75) is 360 Å². The summed E-state index contributed by atoms with van der Waals surface area (Å²) in [5, 5.41) is 23.2. The molecule has 2 unspecified atom stereocenters. The molecule has 0 rings (SSSR count). The number of nitrogens with one attached hydrogen (secondary N) is 1. The van der Waals surface area contributed by atoms with Crippen molar-refractivity contribution >= 4 is 11.9 Å². The minimum atomic E-state index is -0.846. The van der Waals surface area contributed by atoms with E-state index in [0.717, 1.165) is 44.9 Å². The minimum absolute atomic E-state index is 0.00115. The van der Waals surface area contributed by atoms with Crippen LogP contribution in [0, 0.1) is 0 Å². The maximum absolute atomic E-state index is 12.5. The molecule has 0 aromatic heterocycles. The van der Waals surface area contributed by atoms with Crippen LogP contribution in [-0.4, -0.2) is 47.4 Å². The number of amides is 1. The topological polar surface area (TPSA) is 95.9 Å². The molecule has 0 aliphatic carbocycles. The molecule has 0 aliphatic heterocycles. The van der Waals surface area contributed by atoms with Crippen LogP contribution in [-0.2, 0) is 14.3 Å². The second-order valence-electron chi connectivity index (χ2n) is 21.7. The van der Waals surface area contributed by atoms with Crippen LogP contribution in [0.3, 0.4) is 0 Å². The number of hydrogen-bond donors (Lipinski definition) is 3. The summed E-state index contributed by atoms with van der Waals surface area (Å²) in [6, 6.07) is -0.630. The van der Waals surface area contributed by atoms with Crippen LogP contribution in [0.1, 0.15) is 348 Å². The highest BCUT2D eigenvalue weighted by Crippen LogP contribution is 2.18. The summed E-state index contributed by atoms with van der Waals surface area (Å²) in [7, 11) is 0. The molecule has 414 valence electrons. The van der Waals surface area contributed by atoms with Crippen molar-refractivity contribution < 1.29 is 24.5 Å². The third-order valence-corrected chi connectivity index (χ3v) is 14.7. The fourth-order valence-electron chi connectivity index (χ4n) is 9.87. The van der Waals surface area contributed by atoms with Crippen molar-refractivity contribution in [2.75, 3.05) is 13.2 Å². The van der Waals surface area contributed by atoms with Crippen molar-refractivity contribution in [1.82, 2.24) is 5.32 Å². The molecule has 0 bridgehead atoms. The molecule has 0 radical (unpaired) electrons. The van der Waals surface area contributed by atoms with Gasteiger partial charge in [0.2, 0.25) is 5.91 Å². The molecular formula is C64H123NO5. The van der Waals surface area contributed by atoms with E-state index < -0.39 is 12.1 Å². The second kappa shape index (κ2) is 59.9. The second-order valence-corrected chi connectivity index (χ2v) is 21.7. The minimum Gasteiger partial charge on any atom is -0.466 e. The Morgan fingerprint density at radius 3 is 1.03 bits per heavy atom. The molecule has 0 aliphatic rings. The number of ether oxygens (including phenoxy) is 1. The van der Waals surface area contributed by atoms with Crippen molar-refractivity contribution in [1.29, 1.82) is 0 Å². The maximum atomic E-state index is 12.5. The molecule has 0 saturated heterocycles. The predicted octanol–water partition coefficient (Wildman–Crippen LogP) is 19.8. The van der Waals surface area contributed by atoms with Gasteiger partial charge in [0.1, 0.15) is 0 Å². The number of rotatable bonds is 59. The normalized spacial score (nSPS) is 12.7. The predicted molar refractivity (Wildman–Crippen MR) is 306 cm³/mol. The number of allylic oxidation sites excluding steroid dienone is 3. The van der Waals surface area contributed by atoms with E-state index in [2.05, 4.69) is 31.3 Å². The van der Waals surface area contributed by atoms with E-state index in [4.69, 9.17) is 4.74 Å². The van der Waals surface area contributed by atoms with Gasteiger partial charge < -0.3 is 20.3 Å². The maximum Gasteiger partial charge on any atom is 0.305 e. The molecule has 0 saturated carbocycles. The number of esters is 1. The van der Waals surface area contributed by atoms with Gasteiger partial charge in [-0.3, -0.25) is 9.59 Å². The molecular weight excluding hydrogens is 863 g/mol. The van der Waals surface area contributed by atoms with Gasteiger partial charge in [-0.2, -0.15) is 0 Å². The number of carbonyl (C=O) groups excluding carboxylic acids is 2. The van der Waals surface area contributed by atoms with Gasteiger partial charge in [0.15, 0.2) is 0 Å². The standard InChI is InChI=1S/C64H123NO5/c1-3-5-7-9-11-13-15-17-18-19-20-23-26-29-33-36-40-44-48-52-56-62(67)61(60-66)65-63(68)57-53-49-45-41-37-34-30-27-24-21-22-25-28-31-35-39-43-47-51-55-59-70-64(69)58-54-50-46-42-38-32-16-14-12-10-8-6-4-2/h14,16,52,56,61-62,66-67H,3-13,15,17-51,53-55,57-60H2,1-2H3,(H,65,68)/b16-14-,56-52+. The highest BCUT2D eigenvalue weighted by atomic mass is 16.5. The van der Waals surface area contributed by atoms with Gasteiger partial charge in [0.05, 0.1) is 25.4 Å². The lowest BCUT2D eigenvalue weighted by molar-refractivity contribution is -0.143. The van der Waals surface area contributed by atoms with Crippen LogP contribution >= 0.6 is 0 Å². The summed E-state index contributed by atoms with van der Waals surface area (Å²) in [4.78, 5) is 24.5. The Labute approximate surface area is 437 Å². The Bertz CT molecular complexity index is 1090. The quantitative estimate of drug-likeness (QED) is 0.0321. The monoisotopic (exact) mass is 986 g/mol. The van der Waals surface area contributed by atoms with Gasteiger partial charge in [0.25, 0.3) is 0 Å². The zero-order valence-electron chi connectivity index (χ0n) is 47.3. The van der Waals surface area contributed by atoms with Gasteiger partial charge >= 0.3 is 5.97 Å². The van der Waals surface area contributed by atoms with E-state index in [1.54, 1.807) is 6.08 Å². The number of aliphatic hydroxyl groups excluding tert-OH is 2. The highest BCUT2D eigenvalue weighted by Gasteiger charge is 2.18. The fourth-order valence-corrected chi connectivity index (χ4v) is 9.87. The first kappa shape index (κ1) is 68.3. The van der Waals surface area contributed by atoms with E-state index in [1.807, 2.05) is 6.08 Å². The molecule has 0 spiro atoms. The van der Waals surface area contributed by atoms with Crippen molar-refractivity contribution in [3.63, 3.8) is 0 Å². The van der Waals surface area contributed by atoms with Gasteiger partial charge in [-0.15, -0.1) is 0 Å². The fraction of sp³-hybridized carbons (Fsp3) is 0.906. The van der Waals surface area contributed by atoms with E-state index in [0.29, 0.717) is 19.4 Å².